The lowest BCUT2D eigenvalue weighted by molar-refractivity contribution is 0.0793. The molecule has 2 unspecified atom stereocenters. The summed E-state index contributed by atoms with van der Waals surface area (Å²) in [6.07, 6.45) is 15.5. The van der Waals surface area contributed by atoms with Crippen LogP contribution in [0.15, 0.2) is 12.2 Å². The van der Waals surface area contributed by atoms with Gasteiger partial charge in [0.1, 0.15) is 0 Å². The first-order valence-electron chi connectivity index (χ1n) is 8.32. The molecule has 2 nitrogen and oxygen atoms in total. The van der Waals surface area contributed by atoms with Crippen molar-refractivity contribution in [3.8, 4) is 0 Å². The van der Waals surface area contributed by atoms with E-state index in [-0.39, 0.29) is 0 Å². The number of hydrogen-bond acceptors (Lipinski definition) is 2. The molecule has 1 saturated carbocycles. The minimum Gasteiger partial charge on any atom is -0.380 e. The summed E-state index contributed by atoms with van der Waals surface area (Å²) in [6.45, 7) is 5.20. The van der Waals surface area contributed by atoms with Crippen molar-refractivity contribution in [2.45, 2.75) is 64.3 Å². The van der Waals surface area contributed by atoms with E-state index in [0.717, 1.165) is 37.6 Å². The Balaban J connectivity index is 1.50. The number of ether oxygens (including phenoxy) is 1. The van der Waals surface area contributed by atoms with E-state index < -0.39 is 0 Å². The van der Waals surface area contributed by atoms with Gasteiger partial charge in [-0.25, -0.2) is 0 Å². The number of allylic oxidation sites excluding steroid dienone is 2. The monoisotopic (exact) mass is 265 g/mol. The molecule has 0 bridgehead atoms. The highest BCUT2D eigenvalue weighted by molar-refractivity contribution is 4.93. The van der Waals surface area contributed by atoms with Gasteiger partial charge in [0.15, 0.2) is 0 Å². The second-order valence-corrected chi connectivity index (χ2v) is 6.40. The molecule has 0 aromatic rings. The van der Waals surface area contributed by atoms with Crippen molar-refractivity contribution in [3.63, 3.8) is 0 Å². The van der Waals surface area contributed by atoms with Crippen molar-refractivity contribution < 1.29 is 4.74 Å². The van der Waals surface area contributed by atoms with Gasteiger partial charge in [0.2, 0.25) is 0 Å². The van der Waals surface area contributed by atoms with Crippen LogP contribution in [0.4, 0.5) is 0 Å². The van der Waals surface area contributed by atoms with Crippen molar-refractivity contribution in [2.24, 2.45) is 11.8 Å². The Bertz CT molecular complexity index is 256. The lowest BCUT2D eigenvalue weighted by Gasteiger charge is -2.25. The molecule has 2 rings (SSSR count). The van der Waals surface area contributed by atoms with Crippen LogP contribution in [-0.2, 0) is 4.74 Å². The molecule has 110 valence electrons. The van der Waals surface area contributed by atoms with E-state index in [1.165, 1.54) is 51.4 Å². The smallest absolute Gasteiger partial charge is 0.0591 e. The molecular formula is C17H31NO. The van der Waals surface area contributed by atoms with Gasteiger partial charge >= 0.3 is 0 Å². The van der Waals surface area contributed by atoms with Crippen molar-refractivity contribution in [1.29, 1.82) is 0 Å². The molecule has 1 fully saturated rings. The Morgan fingerprint density at radius 1 is 1.05 bits per heavy atom. The molecule has 2 aliphatic carbocycles. The topological polar surface area (TPSA) is 21.3 Å². The maximum atomic E-state index is 5.87. The molecule has 19 heavy (non-hydrogen) atoms. The summed E-state index contributed by atoms with van der Waals surface area (Å²) in [5.41, 5.74) is 0. The van der Waals surface area contributed by atoms with Crippen LogP contribution in [0, 0.1) is 11.8 Å². The minimum atomic E-state index is 0.739. The molecule has 0 aromatic carbocycles. The molecule has 2 atom stereocenters. The van der Waals surface area contributed by atoms with Crippen LogP contribution in [0.5, 0.6) is 0 Å². The van der Waals surface area contributed by atoms with Crippen LogP contribution < -0.4 is 5.32 Å². The second kappa shape index (κ2) is 8.76. The zero-order valence-corrected chi connectivity index (χ0v) is 12.6. The Labute approximate surface area is 119 Å². The molecule has 0 saturated heterocycles. The number of nitrogens with one attached hydrogen (secondary N) is 1. The zero-order chi connectivity index (χ0) is 13.3. The maximum Gasteiger partial charge on any atom is 0.0591 e. The fraction of sp³-hybridized carbons (Fsp3) is 0.882. The van der Waals surface area contributed by atoms with Crippen molar-refractivity contribution in [1.82, 2.24) is 5.32 Å². The van der Waals surface area contributed by atoms with E-state index in [9.17, 15) is 0 Å². The standard InChI is InChI=1S/C17H31NO/c1-15-8-6-7-9-16(15)14-19-13-12-18-17-10-4-2-3-5-11-17/h6-7,15-18H,2-5,8-14H2,1H3. The van der Waals surface area contributed by atoms with E-state index in [4.69, 9.17) is 4.74 Å². The van der Waals surface area contributed by atoms with Gasteiger partial charge in [0.05, 0.1) is 13.2 Å². The molecule has 0 amide bonds. The highest BCUT2D eigenvalue weighted by Gasteiger charge is 2.18. The van der Waals surface area contributed by atoms with E-state index in [2.05, 4.69) is 24.4 Å². The first kappa shape index (κ1) is 15.1. The van der Waals surface area contributed by atoms with E-state index in [1.54, 1.807) is 0 Å². The number of rotatable bonds is 6. The molecular weight excluding hydrogens is 234 g/mol. The van der Waals surface area contributed by atoms with Gasteiger partial charge in [0, 0.05) is 12.6 Å². The Morgan fingerprint density at radius 2 is 1.79 bits per heavy atom. The lowest BCUT2D eigenvalue weighted by Crippen LogP contribution is -2.32. The fourth-order valence-electron chi connectivity index (χ4n) is 3.29. The molecule has 2 aliphatic rings. The Kier molecular flexibility index (Phi) is 6.94. The number of hydrogen-bond donors (Lipinski definition) is 1. The summed E-state index contributed by atoms with van der Waals surface area (Å²) in [7, 11) is 0. The van der Waals surface area contributed by atoms with Crippen molar-refractivity contribution >= 4 is 0 Å². The van der Waals surface area contributed by atoms with Crippen LogP contribution in [-0.4, -0.2) is 25.8 Å². The quantitative estimate of drug-likeness (QED) is 0.446. The third-order valence-corrected chi connectivity index (χ3v) is 4.78. The normalized spacial score (nSPS) is 29.3. The summed E-state index contributed by atoms with van der Waals surface area (Å²) in [5.74, 6) is 1.53. The fourth-order valence-corrected chi connectivity index (χ4v) is 3.29. The molecule has 0 spiro atoms. The summed E-state index contributed by atoms with van der Waals surface area (Å²) in [5, 5.41) is 3.67. The SMILES string of the molecule is CC1CC=CCC1COCCNC1CCCCCC1. The van der Waals surface area contributed by atoms with Gasteiger partial charge in [-0.15, -0.1) is 0 Å². The van der Waals surface area contributed by atoms with Crippen LogP contribution in [0.2, 0.25) is 0 Å². The van der Waals surface area contributed by atoms with Crippen LogP contribution >= 0.6 is 0 Å². The summed E-state index contributed by atoms with van der Waals surface area (Å²) >= 11 is 0. The first-order valence-corrected chi connectivity index (χ1v) is 8.32. The van der Waals surface area contributed by atoms with Crippen LogP contribution in [0.25, 0.3) is 0 Å². The summed E-state index contributed by atoms with van der Waals surface area (Å²) < 4.78 is 5.87. The summed E-state index contributed by atoms with van der Waals surface area (Å²) in [4.78, 5) is 0. The largest absolute Gasteiger partial charge is 0.380 e. The molecule has 2 heteroatoms. The Hall–Kier alpha value is -0.340. The average Bonchev–Trinajstić information content (AvgIpc) is 2.69. The van der Waals surface area contributed by atoms with Crippen LogP contribution in [0.3, 0.4) is 0 Å². The highest BCUT2D eigenvalue weighted by atomic mass is 16.5. The van der Waals surface area contributed by atoms with E-state index in [1.807, 2.05) is 0 Å². The molecule has 0 radical (unpaired) electrons. The second-order valence-electron chi connectivity index (χ2n) is 6.40. The van der Waals surface area contributed by atoms with Crippen molar-refractivity contribution in [2.75, 3.05) is 19.8 Å². The van der Waals surface area contributed by atoms with Gasteiger partial charge < -0.3 is 10.1 Å². The lowest BCUT2D eigenvalue weighted by atomic mass is 9.85. The third kappa shape index (κ3) is 5.66. The third-order valence-electron chi connectivity index (χ3n) is 4.78. The maximum absolute atomic E-state index is 5.87. The molecule has 0 heterocycles. The van der Waals surface area contributed by atoms with E-state index in [0.29, 0.717) is 0 Å². The van der Waals surface area contributed by atoms with E-state index >= 15 is 0 Å². The average molecular weight is 265 g/mol. The molecule has 0 aliphatic heterocycles. The molecule has 0 aromatic heterocycles. The van der Waals surface area contributed by atoms with Gasteiger partial charge in [-0.2, -0.15) is 0 Å². The molecule has 1 N–H and O–H groups in total. The van der Waals surface area contributed by atoms with Gasteiger partial charge in [-0.3, -0.25) is 0 Å². The highest BCUT2D eigenvalue weighted by Crippen LogP contribution is 2.24. The van der Waals surface area contributed by atoms with Crippen molar-refractivity contribution in [3.05, 3.63) is 12.2 Å². The van der Waals surface area contributed by atoms with Gasteiger partial charge in [0.25, 0.3) is 0 Å². The summed E-state index contributed by atoms with van der Waals surface area (Å²) in [6, 6.07) is 0.752. The predicted molar refractivity (Wildman–Crippen MR) is 81.3 cm³/mol. The predicted octanol–water partition coefficient (Wildman–Crippen LogP) is 3.92. The Morgan fingerprint density at radius 3 is 2.53 bits per heavy atom. The van der Waals surface area contributed by atoms with Gasteiger partial charge in [-0.05, 0) is 37.5 Å². The minimum absolute atomic E-state index is 0.739. The zero-order valence-electron chi connectivity index (χ0n) is 12.6. The van der Waals surface area contributed by atoms with Gasteiger partial charge in [-0.1, -0.05) is 44.8 Å². The first-order chi connectivity index (χ1) is 9.36. The van der Waals surface area contributed by atoms with Crippen LogP contribution in [0.1, 0.15) is 58.3 Å².